The average molecular weight is 461 g/mol. The largest absolute Gasteiger partial charge is 0.355 e. The maximum Gasteiger partial charge on any atom is 0.260 e. The SMILES string of the molecule is C=NN1C=C(C)C(N2CC[C@H](N)C2)=N/C1=C/C1CCCCN1C(=O)c1c(F)ccc(F)c1F. The molecule has 7 nitrogen and oxygen atoms in total. The summed E-state index contributed by atoms with van der Waals surface area (Å²) in [4.78, 5) is 21.3. The Hall–Kier alpha value is -3.14. The van der Waals surface area contributed by atoms with E-state index in [0.717, 1.165) is 36.9 Å². The third kappa shape index (κ3) is 4.52. The number of hydrogen-bond donors (Lipinski definition) is 1. The Morgan fingerprint density at radius 3 is 2.67 bits per heavy atom. The lowest BCUT2D eigenvalue weighted by Gasteiger charge is -2.35. The maximum absolute atomic E-state index is 14.3. The highest BCUT2D eigenvalue weighted by Gasteiger charge is 2.33. The maximum atomic E-state index is 14.3. The molecule has 10 heteroatoms. The summed E-state index contributed by atoms with van der Waals surface area (Å²) in [5.74, 6) is -3.50. The van der Waals surface area contributed by atoms with Crippen molar-refractivity contribution < 1.29 is 18.0 Å². The molecule has 2 fully saturated rings. The van der Waals surface area contributed by atoms with Crippen LogP contribution in [0.1, 0.15) is 43.0 Å². The minimum Gasteiger partial charge on any atom is -0.355 e. The van der Waals surface area contributed by atoms with Crippen molar-refractivity contribution in [1.29, 1.82) is 0 Å². The van der Waals surface area contributed by atoms with Gasteiger partial charge < -0.3 is 15.5 Å². The van der Waals surface area contributed by atoms with E-state index in [1.54, 1.807) is 12.3 Å². The first-order valence-electron chi connectivity index (χ1n) is 11.0. The van der Waals surface area contributed by atoms with Crippen LogP contribution in [0.4, 0.5) is 13.2 Å². The molecule has 4 rings (SSSR count). The highest BCUT2D eigenvalue weighted by atomic mass is 19.2. The molecule has 0 saturated carbocycles. The van der Waals surface area contributed by atoms with Crippen LogP contribution in [0.25, 0.3) is 0 Å². The fraction of sp³-hybridized carbons (Fsp3) is 0.435. The first-order chi connectivity index (χ1) is 15.8. The topological polar surface area (TPSA) is 77.5 Å². The molecule has 0 bridgehead atoms. The van der Waals surface area contributed by atoms with Gasteiger partial charge in [0, 0.05) is 44.2 Å². The van der Waals surface area contributed by atoms with E-state index in [4.69, 9.17) is 10.7 Å². The molecule has 3 aliphatic rings. The van der Waals surface area contributed by atoms with Crippen LogP contribution in [-0.4, -0.2) is 65.0 Å². The zero-order chi connectivity index (χ0) is 23.7. The van der Waals surface area contributed by atoms with Gasteiger partial charge in [-0.05, 0) is 50.8 Å². The number of hydrazone groups is 1. The highest BCUT2D eigenvalue weighted by molar-refractivity contribution is 5.99. The zero-order valence-corrected chi connectivity index (χ0v) is 18.5. The fourth-order valence-corrected chi connectivity index (χ4v) is 4.50. The second-order valence-electron chi connectivity index (χ2n) is 8.53. The fourth-order valence-electron chi connectivity index (χ4n) is 4.50. The Morgan fingerprint density at radius 1 is 1.21 bits per heavy atom. The van der Waals surface area contributed by atoms with Crippen molar-refractivity contribution >= 4 is 18.5 Å². The van der Waals surface area contributed by atoms with Crippen molar-refractivity contribution in [3.05, 3.63) is 58.8 Å². The average Bonchev–Trinajstić information content (AvgIpc) is 3.23. The summed E-state index contributed by atoms with van der Waals surface area (Å²) < 4.78 is 42.3. The van der Waals surface area contributed by atoms with E-state index in [9.17, 15) is 18.0 Å². The Labute approximate surface area is 190 Å². The van der Waals surface area contributed by atoms with Crippen molar-refractivity contribution in [2.24, 2.45) is 15.8 Å². The van der Waals surface area contributed by atoms with Crippen LogP contribution in [0.3, 0.4) is 0 Å². The van der Waals surface area contributed by atoms with Crippen LogP contribution >= 0.6 is 0 Å². The summed E-state index contributed by atoms with van der Waals surface area (Å²) in [6.07, 6.45) is 6.48. The third-order valence-corrected chi connectivity index (χ3v) is 6.21. The van der Waals surface area contributed by atoms with Gasteiger partial charge in [0.15, 0.2) is 17.5 Å². The number of hydrogen-bond acceptors (Lipinski definition) is 6. The van der Waals surface area contributed by atoms with Crippen molar-refractivity contribution in [2.45, 2.75) is 44.7 Å². The number of nitrogens with two attached hydrogens (primary N) is 1. The number of aliphatic imine (C=N–C) groups is 1. The number of piperidine rings is 1. The second-order valence-corrected chi connectivity index (χ2v) is 8.53. The first kappa shape index (κ1) is 23.0. The molecule has 1 unspecified atom stereocenters. The minimum absolute atomic E-state index is 0.0750. The van der Waals surface area contributed by atoms with Crippen molar-refractivity contribution in [3.8, 4) is 0 Å². The molecule has 3 aliphatic heterocycles. The van der Waals surface area contributed by atoms with Gasteiger partial charge in [0.2, 0.25) is 0 Å². The number of carbonyl (C=O) groups excluding carboxylic acids is 1. The third-order valence-electron chi connectivity index (χ3n) is 6.21. The van der Waals surface area contributed by atoms with E-state index >= 15 is 0 Å². The molecule has 1 aromatic rings. The van der Waals surface area contributed by atoms with E-state index in [1.165, 1.54) is 9.91 Å². The van der Waals surface area contributed by atoms with Crippen LogP contribution in [-0.2, 0) is 0 Å². The van der Waals surface area contributed by atoms with Gasteiger partial charge in [0.05, 0.1) is 6.04 Å². The quantitative estimate of drug-likeness (QED) is 0.555. The Balaban J connectivity index is 1.68. The minimum atomic E-state index is -1.48. The number of likely N-dealkylation sites (tertiary alicyclic amines) is 2. The molecule has 1 amide bonds. The summed E-state index contributed by atoms with van der Waals surface area (Å²) >= 11 is 0. The highest BCUT2D eigenvalue weighted by Crippen LogP contribution is 2.28. The van der Waals surface area contributed by atoms with Crippen molar-refractivity contribution in [3.63, 3.8) is 0 Å². The van der Waals surface area contributed by atoms with Crippen molar-refractivity contribution in [2.75, 3.05) is 19.6 Å². The van der Waals surface area contributed by atoms with Gasteiger partial charge in [-0.3, -0.25) is 4.79 Å². The van der Waals surface area contributed by atoms with Crippen molar-refractivity contribution in [1.82, 2.24) is 14.8 Å². The Kier molecular flexibility index (Phi) is 6.55. The molecule has 33 heavy (non-hydrogen) atoms. The summed E-state index contributed by atoms with van der Waals surface area (Å²) in [6, 6.07) is 1.01. The second kappa shape index (κ2) is 9.38. The monoisotopic (exact) mass is 460 g/mol. The molecule has 176 valence electrons. The summed E-state index contributed by atoms with van der Waals surface area (Å²) in [5, 5.41) is 5.51. The van der Waals surface area contributed by atoms with Gasteiger partial charge in [-0.1, -0.05) is 0 Å². The molecule has 0 aliphatic carbocycles. The number of amidine groups is 1. The lowest BCUT2D eigenvalue weighted by molar-refractivity contribution is 0.0650. The number of halogens is 3. The normalized spacial score (nSPS) is 24.8. The number of amides is 1. The van der Waals surface area contributed by atoms with E-state index < -0.39 is 35.0 Å². The number of carbonyl (C=O) groups is 1. The summed E-state index contributed by atoms with van der Waals surface area (Å²) in [5.41, 5.74) is 6.07. The molecule has 2 saturated heterocycles. The standard InChI is InChI=1S/C23H27F3N6O/c1-14-12-32(28-2)19(29-22(14)30-10-8-15(27)13-30)11-16-5-3-4-9-31(16)23(33)20-17(24)6-7-18(25)21(20)26/h6-7,11-12,15-16H,2-5,8-10,13,27H2,1H3/b19-11-/t15-,16?/m0/s1. The van der Waals surface area contributed by atoms with Crippen LogP contribution in [0.5, 0.6) is 0 Å². The predicted octanol–water partition coefficient (Wildman–Crippen LogP) is 3.21. The van der Waals surface area contributed by atoms with Gasteiger partial charge >= 0.3 is 0 Å². The molecule has 2 atom stereocenters. The van der Waals surface area contributed by atoms with Gasteiger partial charge in [-0.2, -0.15) is 5.10 Å². The van der Waals surface area contributed by atoms with E-state index in [0.29, 0.717) is 31.3 Å². The van der Waals surface area contributed by atoms with Gasteiger partial charge in [-0.25, -0.2) is 23.2 Å². The lowest BCUT2D eigenvalue weighted by Crippen LogP contribution is -2.44. The van der Waals surface area contributed by atoms with E-state index in [-0.39, 0.29) is 12.6 Å². The van der Waals surface area contributed by atoms with Crippen LogP contribution < -0.4 is 5.73 Å². The predicted molar refractivity (Wildman–Crippen MR) is 120 cm³/mol. The molecule has 2 N–H and O–H groups in total. The van der Waals surface area contributed by atoms with Gasteiger partial charge in [0.25, 0.3) is 5.91 Å². The molecular weight excluding hydrogens is 433 g/mol. The van der Waals surface area contributed by atoms with Gasteiger partial charge in [0.1, 0.15) is 17.2 Å². The number of benzene rings is 1. The smallest absolute Gasteiger partial charge is 0.260 e. The molecular formula is C23H27F3N6O. The number of rotatable bonds is 3. The van der Waals surface area contributed by atoms with E-state index in [1.807, 2.05) is 6.92 Å². The van der Waals surface area contributed by atoms with E-state index in [2.05, 4.69) is 16.7 Å². The molecule has 3 heterocycles. The molecule has 0 aromatic heterocycles. The Bertz CT molecular complexity index is 1050. The Morgan fingerprint density at radius 2 is 1.97 bits per heavy atom. The van der Waals surface area contributed by atoms with Crippen LogP contribution in [0.2, 0.25) is 0 Å². The number of nitrogens with zero attached hydrogens (tertiary/aromatic N) is 5. The molecule has 1 aromatic carbocycles. The molecule has 0 spiro atoms. The summed E-state index contributed by atoms with van der Waals surface area (Å²) in [7, 11) is 0. The lowest BCUT2D eigenvalue weighted by atomic mass is 9.99. The molecule has 0 radical (unpaired) electrons. The van der Waals surface area contributed by atoms with Crippen LogP contribution in [0, 0.1) is 17.5 Å². The summed E-state index contributed by atoms with van der Waals surface area (Å²) in [6.45, 7) is 7.28. The van der Waals surface area contributed by atoms with Crippen LogP contribution in [0.15, 0.2) is 45.9 Å². The van der Waals surface area contributed by atoms with Gasteiger partial charge in [-0.15, -0.1) is 0 Å². The zero-order valence-electron chi connectivity index (χ0n) is 18.5. The first-order valence-corrected chi connectivity index (χ1v) is 11.0.